The molecule has 6 nitrogen and oxygen atoms in total. The summed E-state index contributed by atoms with van der Waals surface area (Å²) in [6, 6.07) is 5.71. The Bertz CT molecular complexity index is 651. The number of hydrogen-bond acceptors (Lipinski definition) is 4. The molecule has 0 atom stereocenters. The van der Waals surface area contributed by atoms with Crippen molar-refractivity contribution in [3.8, 4) is 5.75 Å². The van der Waals surface area contributed by atoms with Gasteiger partial charge in [0.25, 0.3) is 0 Å². The van der Waals surface area contributed by atoms with Gasteiger partial charge in [0.1, 0.15) is 15.6 Å². The number of sulfone groups is 1. The standard InChI is InChI=1S/C13H18F3N3O3S.HI/c1-17-12(18-7-8-23(2,20)21)19-9-10-5-3-4-6-11(10)22-13(14,15)16;/h3-6H,7-9H2,1-2H3,(H2,17,18,19);1H. The number of hydrogen-bond donors (Lipinski definition) is 2. The quantitative estimate of drug-likeness (QED) is 0.369. The SMILES string of the molecule is CN=C(NCCS(C)(=O)=O)NCc1ccccc1OC(F)(F)F.I. The van der Waals surface area contributed by atoms with Gasteiger partial charge < -0.3 is 15.4 Å². The van der Waals surface area contributed by atoms with E-state index >= 15 is 0 Å². The van der Waals surface area contributed by atoms with Crippen LogP contribution in [0.4, 0.5) is 13.2 Å². The first kappa shape index (κ1) is 22.8. The zero-order valence-corrected chi connectivity index (χ0v) is 16.2. The summed E-state index contributed by atoms with van der Waals surface area (Å²) in [4.78, 5) is 3.86. The van der Waals surface area contributed by atoms with E-state index in [-0.39, 0.29) is 60.1 Å². The molecule has 2 N–H and O–H groups in total. The number of rotatable bonds is 6. The summed E-state index contributed by atoms with van der Waals surface area (Å²) in [7, 11) is -1.65. The molecule has 0 heterocycles. The summed E-state index contributed by atoms with van der Waals surface area (Å²) >= 11 is 0. The van der Waals surface area contributed by atoms with E-state index in [0.29, 0.717) is 0 Å². The molecular formula is C13H19F3IN3O3S. The number of benzene rings is 1. The summed E-state index contributed by atoms with van der Waals surface area (Å²) in [6.07, 6.45) is -3.67. The summed E-state index contributed by atoms with van der Waals surface area (Å²) in [5.41, 5.74) is 0.288. The largest absolute Gasteiger partial charge is 0.573 e. The number of nitrogens with zero attached hydrogens (tertiary/aromatic N) is 1. The van der Waals surface area contributed by atoms with Crippen molar-refractivity contribution < 1.29 is 26.3 Å². The Kier molecular flexibility index (Phi) is 9.40. The molecule has 0 spiro atoms. The van der Waals surface area contributed by atoms with Gasteiger partial charge in [0.05, 0.1) is 5.75 Å². The average Bonchev–Trinajstić information content (AvgIpc) is 2.41. The van der Waals surface area contributed by atoms with Crippen LogP contribution >= 0.6 is 24.0 Å². The van der Waals surface area contributed by atoms with Crippen LogP contribution in [0.3, 0.4) is 0 Å². The van der Waals surface area contributed by atoms with Gasteiger partial charge in [-0.05, 0) is 6.07 Å². The maximum atomic E-state index is 12.3. The molecule has 0 radical (unpaired) electrons. The average molecular weight is 481 g/mol. The Balaban J connectivity index is 0.00000529. The van der Waals surface area contributed by atoms with Crippen molar-refractivity contribution in [3.63, 3.8) is 0 Å². The lowest BCUT2D eigenvalue weighted by Crippen LogP contribution is -2.39. The third-order valence-electron chi connectivity index (χ3n) is 2.63. The van der Waals surface area contributed by atoms with Crippen LogP contribution in [0.15, 0.2) is 29.3 Å². The predicted molar refractivity (Wildman–Crippen MR) is 96.5 cm³/mol. The monoisotopic (exact) mass is 481 g/mol. The van der Waals surface area contributed by atoms with Crippen LogP contribution in [0, 0.1) is 0 Å². The highest BCUT2D eigenvalue weighted by atomic mass is 127. The van der Waals surface area contributed by atoms with Crippen LogP contribution in [-0.4, -0.2) is 46.3 Å². The second kappa shape index (κ2) is 9.91. The number of halogens is 4. The fourth-order valence-electron chi connectivity index (χ4n) is 1.63. The molecule has 0 aliphatic carbocycles. The highest BCUT2D eigenvalue weighted by molar-refractivity contribution is 14.0. The first-order valence-corrected chi connectivity index (χ1v) is 8.62. The minimum Gasteiger partial charge on any atom is -0.405 e. The second-order valence-corrected chi connectivity index (χ2v) is 6.90. The van der Waals surface area contributed by atoms with Gasteiger partial charge in [-0.2, -0.15) is 0 Å². The molecule has 1 aromatic rings. The molecule has 138 valence electrons. The van der Waals surface area contributed by atoms with E-state index in [0.717, 1.165) is 6.26 Å². The number of ether oxygens (including phenoxy) is 1. The van der Waals surface area contributed by atoms with Crippen LogP contribution in [0.25, 0.3) is 0 Å². The second-order valence-electron chi connectivity index (χ2n) is 4.64. The summed E-state index contributed by atoms with van der Waals surface area (Å²) in [5.74, 6) is -0.115. The Morgan fingerprint density at radius 2 is 1.88 bits per heavy atom. The molecule has 24 heavy (non-hydrogen) atoms. The zero-order chi connectivity index (χ0) is 17.5. The molecule has 0 aliphatic rings. The first-order chi connectivity index (χ1) is 10.6. The van der Waals surface area contributed by atoms with E-state index in [1.54, 1.807) is 6.07 Å². The van der Waals surface area contributed by atoms with Crippen molar-refractivity contribution in [2.45, 2.75) is 12.9 Å². The van der Waals surface area contributed by atoms with Crippen molar-refractivity contribution in [2.75, 3.05) is 25.6 Å². The van der Waals surface area contributed by atoms with Crippen LogP contribution in [0.5, 0.6) is 5.75 Å². The third kappa shape index (κ3) is 9.80. The highest BCUT2D eigenvalue weighted by Crippen LogP contribution is 2.25. The molecule has 0 amide bonds. The number of nitrogens with one attached hydrogen (secondary N) is 2. The van der Waals surface area contributed by atoms with E-state index in [9.17, 15) is 21.6 Å². The molecule has 0 unspecified atom stereocenters. The number of guanidine groups is 1. The lowest BCUT2D eigenvalue weighted by Gasteiger charge is -2.15. The van der Waals surface area contributed by atoms with Gasteiger partial charge in [0.2, 0.25) is 0 Å². The van der Waals surface area contributed by atoms with Crippen LogP contribution < -0.4 is 15.4 Å². The van der Waals surface area contributed by atoms with Gasteiger partial charge >= 0.3 is 6.36 Å². The van der Waals surface area contributed by atoms with Crippen molar-refractivity contribution in [1.29, 1.82) is 0 Å². The normalized spacial score (nSPS) is 12.3. The van der Waals surface area contributed by atoms with Gasteiger partial charge in [-0.15, -0.1) is 37.1 Å². The van der Waals surface area contributed by atoms with Gasteiger partial charge in [-0.1, -0.05) is 18.2 Å². The van der Waals surface area contributed by atoms with Crippen molar-refractivity contribution in [1.82, 2.24) is 10.6 Å². The third-order valence-corrected chi connectivity index (χ3v) is 3.58. The maximum absolute atomic E-state index is 12.3. The Morgan fingerprint density at radius 3 is 2.42 bits per heavy atom. The van der Waals surface area contributed by atoms with Crippen LogP contribution in [-0.2, 0) is 16.4 Å². The number of alkyl halides is 3. The Labute approximate surface area is 155 Å². The van der Waals surface area contributed by atoms with Gasteiger partial charge in [0.15, 0.2) is 5.96 Å². The number of aliphatic imine (C=N–C) groups is 1. The van der Waals surface area contributed by atoms with Crippen LogP contribution in [0.1, 0.15) is 5.56 Å². The minimum absolute atomic E-state index is 0. The van der Waals surface area contributed by atoms with Crippen LogP contribution in [0.2, 0.25) is 0 Å². The number of para-hydroxylation sites is 1. The minimum atomic E-state index is -4.77. The summed E-state index contributed by atoms with van der Waals surface area (Å²) in [6.45, 7) is 0.171. The van der Waals surface area contributed by atoms with E-state index in [1.807, 2.05) is 0 Å². The smallest absolute Gasteiger partial charge is 0.405 e. The maximum Gasteiger partial charge on any atom is 0.573 e. The molecule has 0 aromatic heterocycles. The lowest BCUT2D eigenvalue weighted by atomic mass is 10.2. The lowest BCUT2D eigenvalue weighted by molar-refractivity contribution is -0.274. The first-order valence-electron chi connectivity index (χ1n) is 6.56. The summed E-state index contributed by atoms with van der Waals surface area (Å²) < 4.78 is 63.0. The molecule has 11 heteroatoms. The molecule has 1 aromatic carbocycles. The summed E-state index contributed by atoms with van der Waals surface area (Å²) in [5, 5.41) is 5.56. The molecular weight excluding hydrogens is 462 g/mol. The van der Waals surface area contributed by atoms with E-state index in [1.165, 1.54) is 25.2 Å². The van der Waals surface area contributed by atoms with Gasteiger partial charge in [0, 0.05) is 32.0 Å². The van der Waals surface area contributed by atoms with Crippen molar-refractivity contribution in [2.24, 2.45) is 4.99 Å². The molecule has 0 fully saturated rings. The van der Waals surface area contributed by atoms with Crippen molar-refractivity contribution in [3.05, 3.63) is 29.8 Å². The van der Waals surface area contributed by atoms with Crippen molar-refractivity contribution >= 4 is 39.8 Å². The molecule has 0 saturated carbocycles. The fourth-order valence-corrected chi connectivity index (χ4v) is 2.10. The zero-order valence-electron chi connectivity index (χ0n) is 13.1. The van der Waals surface area contributed by atoms with E-state index in [4.69, 9.17) is 0 Å². The Morgan fingerprint density at radius 1 is 1.25 bits per heavy atom. The molecule has 0 saturated heterocycles. The van der Waals surface area contributed by atoms with E-state index < -0.39 is 16.2 Å². The van der Waals surface area contributed by atoms with Gasteiger partial charge in [-0.3, -0.25) is 4.99 Å². The fraction of sp³-hybridized carbons (Fsp3) is 0.462. The highest BCUT2D eigenvalue weighted by Gasteiger charge is 2.31. The topological polar surface area (TPSA) is 79.8 Å². The molecule has 0 aliphatic heterocycles. The van der Waals surface area contributed by atoms with Gasteiger partial charge in [-0.25, -0.2) is 8.42 Å². The molecule has 0 bridgehead atoms. The van der Waals surface area contributed by atoms with E-state index in [2.05, 4.69) is 20.4 Å². The predicted octanol–water partition coefficient (Wildman–Crippen LogP) is 1.91. The Hall–Kier alpha value is -1.24. The molecule has 1 rings (SSSR count).